The van der Waals surface area contributed by atoms with Crippen molar-refractivity contribution >= 4 is 40.7 Å². The second kappa shape index (κ2) is 10.2. The summed E-state index contributed by atoms with van der Waals surface area (Å²) in [4.78, 5) is 21.8. The van der Waals surface area contributed by atoms with Gasteiger partial charge >= 0.3 is 6.03 Å². The summed E-state index contributed by atoms with van der Waals surface area (Å²) in [5.74, 6) is 0.733. The van der Waals surface area contributed by atoms with E-state index in [1.807, 2.05) is 18.2 Å². The molecule has 35 heavy (non-hydrogen) atoms. The Morgan fingerprint density at radius 1 is 0.943 bits per heavy atom. The molecule has 1 aliphatic heterocycles. The SMILES string of the molecule is N#Cc1c(N2CCN(C(=O)Nc3ccc(Cl)c(Cl)c3)CC2)nc(-c2ccccc2)c2c1CCCC2. The first kappa shape index (κ1) is 23.5. The first-order chi connectivity index (χ1) is 17.0. The van der Waals surface area contributed by atoms with Gasteiger partial charge < -0.3 is 15.1 Å². The summed E-state index contributed by atoms with van der Waals surface area (Å²) in [7, 11) is 0. The minimum Gasteiger partial charge on any atom is -0.352 e. The first-order valence-electron chi connectivity index (χ1n) is 11.8. The maximum Gasteiger partial charge on any atom is 0.321 e. The number of pyridine rings is 1. The largest absolute Gasteiger partial charge is 0.352 e. The fourth-order valence-electron chi connectivity index (χ4n) is 4.89. The quantitative estimate of drug-likeness (QED) is 0.462. The van der Waals surface area contributed by atoms with Gasteiger partial charge in [-0.25, -0.2) is 9.78 Å². The molecule has 2 aromatic carbocycles. The van der Waals surface area contributed by atoms with Crippen molar-refractivity contribution in [2.24, 2.45) is 0 Å². The number of hydrogen-bond donors (Lipinski definition) is 1. The number of rotatable bonds is 3. The molecule has 178 valence electrons. The van der Waals surface area contributed by atoms with Crippen LogP contribution in [0, 0.1) is 11.3 Å². The van der Waals surface area contributed by atoms with Crippen molar-refractivity contribution in [1.82, 2.24) is 9.88 Å². The van der Waals surface area contributed by atoms with Gasteiger partial charge in [-0.1, -0.05) is 53.5 Å². The third-order valence-corrected chi connectivity index (χ3v) is 7.43. The van der Waals surface area contributed by atoms with Gasteiger partial charge in [0.15, 0.2) is 0 Å². The second-order valence-electron chi connectivity index (χ2n) is 8.83. The van der Waals surface area contributed by atoms with Crippen molar-refractivity contribution in [2.75, 3.05) is 36.4 Å². The number of benzene rings is 2. The highest BCUT2D eigenvalue weighted by Crippen LogP contribution is 2.36. The Balaban J connectivity index is 1.38. The molecule has 0 radical (unpaired) electrons. The second-order valence-corrected chi connectivity index (χ2v) is 9.65. The Labute approximate surface area is 215 Å². The van der Waals surface area contributed by atoms with Gasteiger partial charge in [-0.3, -0.25) is 0 Å². The van der Waals surface area contributed by atoms with Crippen molar-refractivity contribution in [2.45, 2.75) is 25.7 Å². The van der Waals surface area contributed by atoms with E-state index in [0.717, 1.165) is 48.3 Å². The highest BCUT2D eigenvalue weighted by molar-refractivity contribution is 6.42. The van der Waals surface area contributed by atoms with Crippen LogP contribution < -0.4 is 10.2 Å². The Morgan fingerprint density at radius 2 is 1.66 bits per heavy atom. The lowest BCUT2D eigenvalue weighted by Gasteiger charge is -2.36. The van der Waals surface area contributed by atoms with Gasteiger partial charge in [0, 0.05) is 37.4 Å². The molecule has 1 aliphatic carbocycles. The van der Waals surface area contributed by atoms with Crippen LogP contribution in [0.4, 0.5) is 16.3 Å². The van der Waals surface area contributed by atoms with Gasteiger partial charge in [-0.05, 0) is 55.0 Å². The smallest absolute Gasteiger partial charge is 0.321 e. The number of carbonyl (C=O) groups is 1. The lowest BCUT2D eigenvalue weighted by atomic mass is 9.86. The number of carbonyl (C=O) groups excluding carboxylic acids is 1. The van der Waals surface area contributed by atoms with Crippen LogP contribution in [0.3, 0.4) is 0 Å². The maximum atomic E-state index is 12.8. The minimum absolute atomic E-state index is 0.188. The van der Waals surface area contributed by atoms with Gasteiger partial charge in [0.2, 0.25) is 0 Å². The average molecular weight is 506 g/mol. The average Bonchev–Trinajstić information content (AvgIpc) is 2.90. The highest BCUT2D eigenvalue weighted by Gasteiger charge is 2.28. The van der Waals surface area contributed by atoms with E-state index in [-0.39, 0.29) is 6.03 Å². The van der Waals surface area contributed by atoms with Crippen LogP contribution in [0.1, 0.15) is 29.5 Å². The molecule has 1 aromatic heterocycles. The number of nitrogens with zero attached hydrogens (tertiary/aromatic N) is 4. The molecule has 6 nitrogen and oxygen atoms in total. The van der Waals surface area contributed by atoms with E-state index in [1.165, 1.54) is 5.56 Å². The molecule has 1 fully saturated rings. The molecule has 0 saturated carbocycles. The zero-order valence-corrected chi connectivity index (χ0v) is 20.7. The van der Waals surface area contributed by atoms with Crippen molar-refractivity contribution in [1.29, 1.82) is 5.26 Å². The summed E-state index contributed by atoms with van der Waals surface area (Å²) in [5, 5.41) is 13.8. The molecule has 8 heteroatoms. The maximum absolute atomic E-state index is 12.8. The third-order valence-electron chi connectivity index (χ3n) is 6.69. The van der Waals surface area contributed by atoms with Crippen LogP contribution in [0.5, 0.6) is 0 Å². The number of amides is 2. The Bertz CT molecular complexity index is 1300. The first-order valence-corrected chi connectivity index (χ1v) is 12.6. The molecule has 0 spiro atoms. The van der Waals surface area contributed by atoms with Gasteiger partial charge in [-0.15, -0.1) is 0 Å². The summed E-state index contributed by atoms with van der Waals surface area (Å²) in [6.07, 6.45) is 4.05. The van der Waals surface area contributed by atoms with Crippen LogP contribution in [0.15, 0.2) is 48.5 Å². The number of aromatic nitrogens is 1. The number of urea groups is 1. The number of nitrogens with one attached hydrogen (secondary N) is 1. The summed E-state index contributed by atoms with van der Waals surface area (Å²) in [6, 6.07) is 17.5. The molecule has 2 amide bonds. The van der Waals surface area contributed by atoms with E-state index in [2.05, 4.69) is 28.4 Å². The van der Waals surface area contributed by atoms with E-state index < -0.39 is 0 Å². The van der Waals surface area contributed by atoms with Gasteiger partial charge in [0.1, 0.15) is 11.9 Å². The molecule has 0 unspecified atom stereocenters. The predicted octanol–water partition coefficient (Wildman–Crippen LogP) is 6.16. The van der Waals surface area contributed by atoms with Crippen LogP contribution in [0.2, 0.25) is 10.0 Å². The standard InChI is InChI=1S/C27H25Cl2N5O/c28-23-11-10-19(16-24(23)29)31-27(35)34-14-12-33(13-15-34)26-22(17-30)20-8-4-5-9-21(20)25(32-26)18-6-2-1-3-7-18/h1-3,6-7,10-11,16H,4-5,8-9,12-15H2,(H,31,35). The molecule has 5 rings (SSSR count). The third kappa shape index (κ3) is 4.80. The van der Waals surface area contributed by atoms with Crippen LogP contribution in [-0.2, 0) is 12.8 Å². The zero-order chi connectivity index (χ0) is 24.4. The van der Waals surface area contributed by atoms with Crippen molar-refractivity contribution in [3.8, 4) is 17.3 Å². The molecule has 1 N–H and O–H groups in total. The van der Waals surface area contributed by atoms with E-state index in [9.17, 15) is 10.1 Å². The normalized spacial score (nSPS) is 15.3. The topological polar surface area (TPSA) is 72.3 Å². The van der Waals surface area contributed by atoms with Crippen molar-refractivity contribution in [3.63, 3.8) is 0 Å². The fraction of sp³-hybridized carbons (Fsp3) is 0.296. The number of halogens is 2. The number of anilines is 2. The monoisotopic (exact) mass is 505 g/mol. The van der Waals surface area contributed by atoms with Gasteiger partial charge in [0.05, 0.1) is 21.3 Å². The van der Waals surface area contributed by atoms with Gasteiger partial charge in [0.25, 0.3) is 0 Å². The van der Waals surface area contributed by atoms with E-state index in [1.54, 1.807) is 23.1 Å². The molecular formula is C27H25Cl2N5O. The molecule has 1 saturated heterocycles. The number of fused-ring (bicyclic) bond motifs is 1. The number of nitriles is 1. The summed E-state index contributed by atoms with van der Waals surface area (Å²) < 4.78 is 0. The Hall–Kier alpha value is -3.27. The predicted molar refractivity (Wildman–Crippen MR) is 140 cm³/mol. The number of hydrogen-bond acceptors (Lipinski definition) is 4. The highest BCUT2D eigenvalue weighted by atomic mass is 35.5. The molecule has 0 atom stereocenters. The lowest BCUT2D eigenvalue weighted by molar-refractivity contribution is 0.208. The summed E-state index contributed by atoms with van der Waals surface area (Å²) >= 11 is 12.0. The molecular weight excluding hydrogens is 481 g/mol. The molecule has 3 aromatic rings. The van der Waals surface area contributed by atoms with Crippen LogP contribution in [-0.4, -0.2) is 42.1 Å². The minimum atomic E-state index is -0.188. The Kier molecular flexibility index (Phi) is 6.81. The summed E-state index contributed by atoms with van der Waals surface area (Å²) in [6.45, 7) is 2.25. The summed E-state index contributed by atoms with van der Waals surface area (Å²) in [5.41, 5.74) is 5.70. The molecule has 2 heterocycles. The van der Waals surface area contributed by atoms with E-state index >= 15 is 0 Å². The fourth-order valence-corrected chi connectivity index (χ4v) is 5.18. The molecule has 2 aliphatic rings. The van der Waals surface area contributed by atoms with Crippen LogP contribution >= 0.6 is 23.2 Å². The van der Waals surface area contributed by atoms with Crippen molar-refractivity contribution in [3.05, 3.63) is 75.3 Å². The molecule has 0 bridgehead atoms. The van der Waals surface area contributed by atoms with Gasteiger partial charge in [-0.2, -0.15) is 5.26 Å². The zero-order valence-electron chi connectivity index (χ0n) is 19.2. The van der Waals surface area contributed by atoms with Crippen LogP contribution in [0.25, 0.3) is 11.3 Å². The van der Waals surface area contributed by atoms with Crippen molar-refractivity contribution < 1.29 is 4.79 Å². The number of piperazine rings is 1. The van der Waals surface area contributed by atoms with E-state index in [0.29, 0.717) is 47.5 Å². The van der Waals surface area contributed by atoms with E-state index in [4.69, 9.17) is 28.2 Å². The Morgan fingerprint density at radius 3 is 2.34 bits per heavy atom. The lowest BCUT2D eigenvalue weighted by Crippen LogP contribution is -2.50.